The van der Waals surface area contributed by atoms with Crippen LogP contribution in [-0.4, -0.2) is 32.6 Å². The van der Waals surface area contributed by atoms with Gasteiger partial charge < -0.3 is 10.4 Å². The molecule has 17 heavy (non-hydrogen) atoms. The maximum Gasteiger partial charge on any atom is 0.206 e. The highest BCUT2D eigenvalue weighted by Gasteiger charge is 2.03. The molecule has 0 aromatic carbocycles. The van der Waals surface area contributed by atoms with E-state index in [1.165, 1.54) is 23.1 Å². The van der Waals surface area contributed by atoms with Gasteiger partial charge in [0.05, 0.1) is 6.61 Å². The van der Waals surface area contributed by atoms with Gasteiger partial charge in [-0.1, -0.05) is 29.2 Å². The first-order valence-electron chi connectivity index (χ1n) is 5.08. The molecule has 0 aliphatic rings. The third-order valence-electron chi connectivity index (χ3n) is 1.89. The summed E-state index contributed by atoms with van der Waals surface area (Å²) in [4.78, 5) is 4.04. The quantitative estimate of drug-likeness (QED) is 0.776. The Kier molecular flexibility index (Phi) is 4.72. The summed E-state index contributed by atoms with van der Waals surface area (Å²) < 4.78 is 0.868. The highest BCUT2D eigenvalue weighted by Crippen LogP contribution is 2.25. The van der Waals surface area contributed by atoms with Crippen molar-refractivity contribution in [1.82, 2.24) is 15.2 Å². The number of pyridine rings is 1. The van der Waals surface area contributed by atoms with Crippen LogP contribution in [0.3, 0.4) is 0 Å². The zero-order chi connectivity index (χ0) is 11.9. The normalized spacial score (nSPS) is 10.4. The number of nitrogens with zero attached hydrogens (tertiary/aromatic N) is 3. The van der Waals surface area contributed by atoms with Crippen LogP contribution < -0.4 is 5.32 Å². The van der Waals surface area contributed by atoms with Crippen molar-refractivity contribution < 1.29 is 5.11 Å². The van der Waals surface area contributed by atoms with E-state index >= 15 is 0 Å². The summed E-state index contributed by atoms with van der Waals surface area (Å²) in [5, 5.41) is 20.7. The fraction of sp³-hybridized carbons (Fsp3) is 0.300. The van der Waals surface area contributed by atoms with E-state index in [1.807, 2.05) is 18.3 Å². The Morgan fingerprint density at radius 1 is 1.41 bits per heavy atom. The molecule has 0 spiro atoms. The number of rotatable bonds is 6. The van der Waals surface area contributed by atoms with Crippen molar-refractivity contribution in [3.8, 4) is 0 Å². The van der Waals surface area contributed by atoms with Crippen LogP contribution in [0.25, 0.3) is 0 Å². The molecule has 2 heterocycles. The Bertz CT molecular complexity index is 449. The van der Waals surface area contributed by atoms with Crippen molar-refractivity contribution in [2.75, 3.05) is 17.7 Å². The number of aliphatic hydroxyl groups is 1. The minimum Gasteiger partial charge on any atom is -0.396 e. The van der Waals surface area contributed by atoms with Gasteiger partial charge in [-0.3, -0.25) is 4.98 Å². The van der Waals surface area contributed by atoms with Crippen LogP contribution in [0, 0.1) is 0 Å². The van der Waals surface area contributed by atoms with E-state index in [2.05, 4.69) is 20.5 Å². The van der Waals surface area contributed by atoms with E-state index in [4.69, 9.17) is 5.11 Å². The summed E-state index contributed by atoms with van der Waals surface area (Å²) in [6.07, 6.45) is 3.56. The molecule has 0 radical (unpaired) electrons. The first-order chi connectivity index (χ1) is 8.38. The fourth-order valence-electron chi connectivity index (χ4n) is 1.15. The van der Waals surface area contributed by atoms with E-state index in [9.17, 15) is 0 Å². The molecule has 0 unspecified atom stereocenters. The number of aromatic nitrogens is 3. The zero-order valence-corrected chi connectivity index (χ0v) is 10.7. The van der Waals surface area contributed by atoms with Gasteiger partial charge in [-0.25, -0.2) is 0 Å². The largest absolute Gasteiger partial charge is 0.396 e. The van der Waals surface area contributed by atoms with Gasteiger partial charge in [0.25, 0.3) is 0 Å². The molecule has 2 rings (SSSR count). The Morgan fingerprint density at radius 2 is 2.35 bits per heavy atom. The molecule has 0 saturated heterocycles. The Hall–Kier alpha value is -1.18. The van der Waals surface area contributed by atoms with Gasteiger partial charge in [-0.2, -0.15) is 0 Å². The molecule has 0 aliphatic heterocycles. The van der Waals surface area contributed by atoms with Gasteiger partial charge in [-0.05, 0) is 11.6 Å². The maximum atomic E-state index is 8.70. The van der Waals surface area contributed by atoms with E-state index < -0.39 is 0 Å². The Balaban J connectivity index is 1.85. The summed E-state index contributed by atoms with van der Waals surface area (Å²) in [5.74, 6) is 0.650. The van der Waals surface area contributed by atoms with Crippen molar-refractivity contribution in [2.24, 2.45) is 0 Å². The molecular weight excluding hydrogens is 256 g/mol. The van der Waals surface area contributed by atoms with Crippen molar-refractivity contribution in [1.29, 1.82) is 0 Å². The molecule has 0 aliphatic carbocycles. The van der Waals surface area contributed by atoms with Gasteiger partial charge in [0, 0.05) is 24.7 Å². The average molecular weight is 268 g/mol. The first-order valence-corrected chi connectivity index (χ1v) is 6.88. The molecular formula is C10H12N4OS2. The zero-order valence-electron chi connectivity index (χ0n) is 9.04. The van der Waals surface area contributed by atoms with Gasteiger partial charge in [-0.15, -0.1) is 10.2 Å². The fourth-order valence-corrected chi connectivity index (χ4v) is 2.71. The molecule has 5 nitrogen and oxygen atoms in total. The maximum absolute atomic E-state index is 8.70. The minimum atomic E-state index is 0.155. The Labute approximate surface area is 107 Å². The number of anilines is 1. The van der Waals surface area contributed by atoms with Crippen LogP contribution in [0.15, 0.2) is 28.9 Å². The van der Waals surface area contributed by atoms with Crippen molar-refractivity contribution in [3.63, 3.8) is 0 Å². The number of aliphatic hydroxyl groups excluding tert-OH is 1. The predicted octanol–water partition coefficient (Wildman–Crippen LogP) is 1.63. The second-order valence-electron chi connectivity index (χ2n) is 3.16. The smallest absolute Gasteiger partial charge is 0.206 e. The lowest BCUT2D eigenvalue weighted by atomic mass is 10.3. The lowest BCUT2D eigenvalue weighted by Crippen LogP contribution is -1.98. The van der Waals surface area contributed by atoms with E-state index in [1.54, 1.807) is 6.20 Å². The van der Waals surface area contributed by atoms with Crippen LogP contribution in [0.1, 0.15) is 5.56 Å². The summed E-state index contributed by atoms with van der Waals surface area (Å²) in [7, 11) is 0. The molecule has 2 N–H and O–H groups in total. The first kappa shape index (κ1) is 12.3. The standard InChI is InChI=1S/C10H12N4OS2/c15-4-5-16-10-14-13-9(17-10)12-7-8-2-1-3-11-6-8/h1-3,6,15H,4-5,7H2,(H,12,13). The third-order valence-corrected chi connectivity index (χ3v) is 3.88. The second kappa shape index (κ2) is 6.53. The highest BCUT2D eigenvalue weighted by molar-refractivity contribution is 8.01. The number of hydrogen-bond acceptors (Lipinski definition) is 7. The number of nitrogens with one attached hydrogen (secondary N) is 1. The predicted molar refractivity (Wildman–Crippen MR) is 69.3 cm³/mol. The lowest BCUT2D eigenvalue weighted by Gasteiger charge is -2.00. The van der Waals surface area contributed by atoms with Crippen molar-refractivity contribution >= 4 is 28.2 Å². The van der Waals surface area contributed by atoms with Crippen LogP contribution in [0.5, 0.6) is 0 Å². The molecule has 0 fully saturated rings. The van der Waals surface area contributed by atoms with Gasteiger partial charge in [0.2, 0.25) is 5.13 Å². The van der Waals surface area contributed by atoms with Crippen LogP contribution in [0.2, 0.25) is 0 Å². The Morgan fingerprint density at radius 3 is 3.12 bits per heavy atom. The third kappa shape index (κ3) is 3.95. The van der Waals surface area contributed by atoms with E-state index in [0.717, 1.165) is 15.0 Å². The van der Waals surface area contributed by atoms with Gasteiger partial charge in [0.15, 0.2) is 4.34 Å². The van der Waals surface area contributed by atoms with Gasteiger partial charge >= 0.3 is 0 Å². The van der Waals surface area contributed by atoms with Crippen LogP contribution in [-0.2, 0) is 6.54 Å². The average Bonchev–Trinajstić information content (AvgIpc) is 2.83. The van der Waals surface area contributed by atoms with Crippen molar-refractivity contribution in [3.05, 3.63) is 30.1 Å². The SMILES string of the molecule is OCCSc1nnc(NCc2cccnc2)s1. The summed E-state index contributed by atoms with van der Waals surface area (Å²) in [6.45, 7) is 0.843. The van der Waals surface area contributed by atoms with E-state index in [-0.39, 0.29) is 6.61 Å². The minimum absolute atomic E-state index is 0.155. The molecule has 0 bridgehead atoms. The molecule has 90 valence electrons. The van der Waals surface area contributed by atoms with Crippen LogP contribution >= 0.6 is 23.1 Å². The molecule has 2 aromatic rings. The highest BCUT2D eigenvalue weighted by atomic mass is 32.2. The van der Waals surface area contributed by atoms with Crippen molar-refractivity contribution in [2.45, 2.75) is 10.9 Å². The summed E-state index contributed by atoms with van der Waals surface area (Å²) >= 11 is 3.00. The number of hydrogen-bond donors (Lipinski definition) is 2. The monoisotopic (exact) mass is 268 g/mol. The second-order valence-corrected chi connectivity index (χ2v) is 5.48. The van der Waals surface area contributed by atoms with Gasteiger partial charge in [0.1, 0.15) is 0 Å². The van der Waals surface area contributed by atoms with Crippen LogP contribution in [0.4, 0.5) is 5.13 Å². The molecule has 0 amide bonds. The summed E-state index contributed by atoms with van der Waals surface area (Å²) in [5.41, 5.74) is 1.10. The molecule has 7 heteroatoms. The van der Waals surface area contributed by atoms with E-state index in [0.29, 0.717) is 12.3 Å². The lowest BCUT2D eigenvalue weighted by molar-refractivity contribution is 0.322. The topological polar surface area (TPSA) is 70.9 Å². The molecule has 0 atom stereocenters. The molecule has 2 aromatic heterocycles. The molecule has 0 saturated carbocycles. The number of thioether (sulfide) groups is 1. The summed E-state index contributed by atoms with van der Waals surface area (Å²) in [6, 6.07) is 3.90.